The van der Waals surface area contributed by atoms with Gasteiger partial charge in [-0.1, -0.05) is 0 Å². The molecule has 0 bridgehead atoms. The molecule has 0 fully saturated rings. The van der Waals surface area contributed by atoms with Gasteiger partial charge < -0.3 is 14.2 Å². The largest absolute Gasteiger partial charge is 0.485 e. The summed E-state index contributed by atoms with van der Waals surface area (Å²) in [5.74, 6) is 0.392. The topological polar surface area (TPSA) is 61.8 Å². The summed E-state index contributed by atoms with van der Waals surface area (Å²) in [7, 11) is 0. The number of hydrogen-bond donors (Lipinski definition) is 0. The Morgan fingerprint density at radius 3 is 2.83 bits per heavy atom. The number of ketones is 1. The minimum atomic E-state index is -0.778. The van der Waals surface area contributed by atoms with E-state index >= 15 is 0 Å². The van der Waals surface area contributed by atoms with Crippen LogP contribution in [-0.2, 0) is 9.53 Å². The first-order valence-electron chi connectivity index (χ1n) is 5.73. The zero-order chi connectivity index (χ0) is 13.1. The number of carbonyl (C=O) groups is 2. The van der Waals surface area contributed by atoms with Crippen LogP contribution >= 0.6 is 0 Å². The predicted molar refractivity (Wildman–Crippen MR) is 63.0 cm³/mol. The van der Waals surface area contributed by atoms with Crippen LogP contribution in [0.2, 0.25) is 0 Å². The summed E-state index contributed by atoms with van der Waals surface area (Å²) in [6.45, 7) is 3.60. The predicted octanol–water partition coefficient (Wildman–Crippen LogP) is 1.59. The second-order valence-electron chi connectivity index (χ2n) is 3.89. The van der Waals surface area contributed by atoms with E-state index in [0.29, 0.717) is 23.7 Å². The van der Waals surface area contributed by atoms with Crippen molar-refractivity contribution in [3.8, 4) is 11.5 Å². The van der Waals surface area contributed by atoms with Crippen LogP contribution in [0.4, 0.5) is 0 Å². The molecule has 1 aromatic rings. The molecule has 0 N–H and O–H groups in total. The maximum absolute atomic E-state index is 11.5. The van der Waals surface area contributed by atoms with Crippen LogP contribution in [0.15, 0.2) is 18.2 Å². The Labute approximate surface area is 105 Å². The van der Waals surface area contributed by atoms with Gasteiger partial charge >= 0.3 is 5.97 Å². The van der Waals surface area contributed by atoms with E-state index in [1.54, 1.807) is 25.1 Å². The number of Topliss-reactive ketones (excluding diaryl/α,β-unsaturated/α-hetero) is 1. The minimum absolute atomic E-state index is 0.0698. The molecule has 5 nitrogen and oxygen atoms in total. The Hall–Kier alpha value is -2.04. The molecule has 0 amide bonds. The van der Waals surface area contributed by atoms with E-state index in [0.717, 1.165) is 0 Å². The number of esters is 1. The number of benzene rings is 1. The van der Waals surface area contributed by atoms with Crippen LogP contribution in [-0.4, -0.2) is 31.1 Å². The molecule has 5 heteroatoms. The van der Waals surface area contributed by atoms with Gasteiger partial charge in [0.25, 0.3) is 0 Å². The van der Waals surface area contributed by atoms with E-state index in [1.165, 1.54) is 6.92 Å². The highest BCUT2D eigenvalue weighted by Crippen LogP contribution is 2.32. The molecule has 0 spiro atoms. The van der Waals surface area contributed by atoms with Crippen molar-refractivity contribution in [2.75, 3.05) is 13.2 Å². The zero-order valence-corrected chi connectivity index (χ0v) is 10.3. The first-order chi connectivity index (χ1) is 8.61. The summed E-state index contributed by atoms with van der Waals surface area (Å²) in [5.41, 5.74) is 0.516. The number of ether oxygens (including phenoxy) is 3. The molecule has 1 atom stereocenters. The third-order valence-corrected chi connectivity index (χ3v) is 2.56. The Morgan fingerprint density at radius 1 is 1.39 bits per heavy atom. The number of fused-ring (bicyclic) bond motifs is 1. The average Bonchev–Trinajstić information content (AvgIpc) is 2.37. The van der Waals surface area contributed by atoms with Crippen molar-refractivity contribution in [2.45, 2.75) is 20.0 Å². The van der Waals surface area contributed by atoms with Crippen LogP contribution < -0.4 is 9.47 Å². The van der Waals surface area contributed by atoms with Crippen molar-refractivity contribution < 1.29 is 23.8 Å². The van der Waals surface area contributed by atoms with E-state index in [9.17, 15) is 9.59 Å². The molecular weight excluding hydrogens is 236 g/mol. The first-order valence-corrected chi connectivity index (χ1v) is 5.73. The lowest BCUT2D eigenvalue weighted by molar-refractivity contribution is -0.153. The van der Waals surface area contributed by atoms with Crippen molar-refractivity contribution in [1.82, 2.24) is 0 Å². The molecule has 96 valence electrons. The van der Waals surface area contributed by atoms with Crippen LogP contribution in [0.25, 0.3) is 0 Å². The highest BCUT2D eigenvalue weighted by molar-refractivity contribution is 5.94. The summed E-state index contributed by atoms with van der Waals surface area (Å²) >= 11 is 0. The lowest BCUT2D eigenvalue weighted by Crippen LogP contribution is -2.37. The Balaban J connectivity index is 2.19. The molecule has 1 aliphatic heterocycles. The van der Waals surface area contributed by atoms with Crippen LogP contribution in [0.3, 0.4) is 0 Å². The van der Waals surface area contributed by atoms with Crippen LogP contribution in [0.1, 0.15) is 24.2 Å². The Morgan fingerprint density at radius 2 is 2.17 bits per heavy atom. The molecule has 1 aromatic carbocycles. The minimum Gasteiger partial charge on any atom is -0.485 e. The second kappa shape index (κ2) is 5.08. The molecule has 2 rings (SSSR count). The van der Waals surface area contributed by atoms with Crippen LogP contribution in [0.5, 0.6) is 11.5 Å². The molecule has 1 heterocycles. The highest BCUT2D eigenvalue weighted by atomic mass is 16.6. The molecule has 1 aliphatic rings. The van der Waals surface area contributed by atoms with Gasteiger partial charge in [-0.25, -0.2) is 4.79 Å². The maximum atomic E-state index is 11.5. The number of carbonyl (C=O) groups excluding carboxylic acids is 2. The van der Waals surface area contributed by atoms with Crippen molar-refractivity contribution >= 4 is 11.8 Å². The second-order valence-corrected chi connectivity index (χ2v) is 3.89. The number of hydrogen-bond acceptors (Lipinski definition) is 5. The fourth-order valence-corrected chi connectivity index (χ4v) is 1.64. The molecular formula is C13H14O5. The first kappa shape index (κ1) is 12.4. The quantitative estimate of drug-likeness (QED) is 0.602. The number of rotatable bonds is 3. The van der Waals surface area contributed by atoms with E-state index in [1.807, 2.05) is 0 Å². The molecule has 0 aromatic heterocycles. The van der Waals surface area contributed by atoms with Gasteiger partial charge in [0.15, 0.2) is 17.3 Å². The fraction of sp³-hybridized carbons (Fsp3) is 0.385. The summed E-state index contributed by atoms with van der Waals surface area (Å²) < 4.78 is 15.7. The normalized spacial score (nSPS) is 17.1. The van der Waals surface area contributed by atoms with Gasteiger partial charge in [-0.3, -0.25) is 4.79 Å². The Bertz CT molecular complexity index is 480. The van der Waals surface area contributed by atoms with Gasteiger partial charge in [0.2, 0.25) is 6.10 Å². The lowest BCUT2D eigenvalue weighted by Gasteiger charge is -2.25. The fourth-order valence-electron chi connectivity index (χ4n) is 1.64. The standard InChI is InChI=1S/C13H14O5/c1-3-16-13(15)12-7-17-10-5-4-9(8(2)14)6-11(10)18-12/h4-6,12H,3,7H2,1-2H3/t12-/m0/s1. The smallest absolute Gasteiger partial charge is 0.350 e. The van der Waals surface area contributed by atoms with Gasteiger partial charge in [0, 0.05) is 5.56 Å². The van der Waals surface area contributed by atoms with Gasteiger partial charge in [0.1, 0.15) is 6.61 Å². The summed E-state index contributed by atoms with van der Waals surface area (Å²) in [6, 6.07) is 4.89. The Kier molecular flexibility index (Phi) is 3.50. The van der Waals surface area contributed by atoms with Gasteiger partial charge in [-0.2, -0.15) is 0 Å². The van der Waals surface area contributed by atoms with Crippen molar-refractivity contribution in [3.63, 3.8) is 0 Å². The highest BCUT2D eigenvalue weighted by Gasteiger charge is 2.28. The summed E-state index contributed by atoms with van der Waals surface area (Å²) in [6.07, 6.45) is -0.778. The maximum Gasteiger partial charge on any atom is 0.350 e. The molecule has 0 saturated carbocycles. The monoisotopic (exact) mass is 250 g/mol. The molecule has 18 heavy (non-hydrogen) atoms. The SMILES string of the molecule is CCOC(=O)[C@@H]1COc2ccc(C(C)=O)cc2O1. The summed E-state index contributed by atoms with van der Waals surface area (Å²) in [4.78, 5) is 22.8. The average molecular weight is 250 g/mol. The van der Waals surface area contributed by atoms with Crippen LogP contribution in [0, 0.1) is 0 Å². The van der Waals surface area contributed by atoms with Gasteiger partial charge in [-0.15, -0.1) is 0 Å². The third-order valence-electron chi connectivity index (χ3n) is 2.56. The lowest BCUT2D eigenvalue weighted by atomic mass is 10.1. The van der Waals surface area contributed by atoms with E-state index in [2.05, 4.69) is 0 Å². The van der Waals surface area contributed by atoms with Crippen molar-refractivity contribution in [3.05, 3.63) is 23.8 Å². The molecule has 0 unspecified atom stereocenters. The van der Waals surface area contributed by atoms with E-state index in [4.69, 9.17) is 14.2 Å². The molecule has 0 radical (unpaired) electrons. The molecule has 0 aliphatic carbocycles. The van der Waals surface area contributed by atoms with E-state index in [-0.39, 0.29) is 12.4 Å². The zero-order valence-electron chi connectivity index (χ0n) is 10.3. The van der Waals surface area contributed by atoms with E-state index < -0.39 is 12.1 Å². The molecule has 0 saturated heterocycles. The van der Waals surface area contributed by atoms with Crippen molar-refractivity contribution in [2.24, 2.45) is 0 Å². The van der Waals surface area contributed by atoms with Gasteiger partial charge in [0.05, 0.1) is 6.61 Å². The summed E-state index contributed by atoms with van der Waals surface area (Å²) in [5, 5.41) is 0. The van der Waals surface area contributed by atoms with Gasteiger partial charge in [-0.05, 0) is 32.0 Å². The van der Waals surface area contributed by atoms with Crippen molar-refractivity contribution in [1.29, 1.82) is 0 Å². The third kappa shape index (κ3) is 2.45.